The second kappa shape index (κ2) is 7.17. The average molecular weight is 410 g/mol. The zero-order chi connectivity index (χ0) is 21.4. The molecule has 2 aromatic carbocycles. The minimum Gasteiger partial charge on any atom is -0.406 e. The highest BCUT2D eigenvalue weighted by atomic mass is 19.4. The summed E-state index contributed by atoms with van der Waals surface area (Å²) in [5.74, 6) is -1.03. The molecule has 0 radical (unpaired) electrons. The maximum Gasteiger partial charge on any atom is 0.573 e. The molecule has 2 unspecified atom stereocenters. The zero-order valence-corrected chi connectivity index (χ0v) is 14.6. The quantitative estimate of drug-likeness (QED) is 0.708. The molecule has 28 heavy (non-hydrogen) atoms. The lowest BCUT2D eigenvalue weighted by atomic mass is 9.76. The minimum absolute atomic E-state index is 0.0580. The minimum atomic E-state index is -4.88. The molecular weight excluding hydrogens is 394 g/mol. The Bertz CT molecular complexity index is 723. The highest BCUT2D eigenvalue weighted by Crippen LogP contribution is 2.41. The van der Waals surface area contributed by atoms with Gasteiger partial charge in [-0.25, -0.2) is 0 Å². The molecule has 2 rings (SSSR count). The molecule has 0 saturated heterocycles. The molecule has 0 aliphatic rings. The Morgan fingerprint density at radius 3 is 1.04 bits per heavy atom. The van der Waals surface area contributed by atoms with Crippen molar-refractivity contribution in [1.29, 1.82) is 0 Å². The van der Waals surface area contributed by atoms with Crippen molar-refractivity contribution < 1.29 is 46.0 Å². The average Bonchev–Trinajstić information content (AvgIpc) is 2.52. The van der Waals surface area contributed by atoms with Crippen LogP contribution in [0.1, 0.15) is 25.0 Å². The van der Waals surface area contributed by atoms with Crippen LogP contribution in [-0.4, -0.2) is 22.9 Å². The van der Waals surface area contributed by atoms with Crippen LogP contribution >= 0.6 is 0 Å². The van der Waals surface area contributed by atoms with Crippen LogP contribution in [0.5, 0.6) is 11.5 Å². The second-order valence-electron chi connectivity index (χ2n) is 6.29. The van der Waals surface area contributed by atoms with E-state index in [0.29, 0.717) is 0 Å². The van der Waals surface area contributed by atoms with Crippen LogP contribution in [0, 0.1) is 0 Å². The normalized spacial score (nSPS) is 16.8. The third-order valence-corrected chi connectivity index (χ3v) is 4.25. The molecule has 0 fully saturated rings. The third kappa shape index (κ3) is 5.08. The highest BCUT2D eigenvalue weighted by Gasteiger charge is 2.45. The Labute approximate surface area is 155 Å². The highest BCUT2D eigenvalue weighted by molar-refractivity contribution is 5.38. The van der Waals surface area contributed by atoms with Gasteiger partial charge < -0.3 is 19.7 Å². The summed E-state index contributed by atoms with van der Waals surface area (Å²) < 4.78 is 80.9. The molecule has 0 amide bonds. The number of hydrogen-bond acceptors (Lipinski definition) is 4. The number of halogens is 6. The van der Waals surface area contributed by atoms with E-state index in [9.17, 15) is 36.6 Å². The van der Waals surface area contributed by atoms with Crippen molar-refractivity contribution in [3.8, 4) is 11.5 Å². The SMILES string of the molecule is CC(O)(c1ccc(OC(F)(F)F)cc1)C(C)(O)c1ccc(OC(F)(F)F)cc1. The summed E-state index contributed by atoms with van der Waals surface area (Å²) in [6, 6.07) is 8.41. The molecule has 2 atom stereocenters. The summed E-state index contributed by atoms with van der Waals surface area (Å²) in [7, 11) is 0. The predicted octanol–water partition coefficient (Wildman–Crippen LogP) is 4.60. The van der Waals surface area contributed by atoms with E-state index < -0.39 is 35.4 Å². The molecule has 154 valence electrons. The topological polar surface area (TPSA) is 58.9 Å². The monoisotopic (exact) mass is 410 g/mol. The maximum atomic E-state index is 12.2. The molecule has 0 heterocycles. The van der Waals surface area contributed by atoms with Gasteiger partial charge in [0.1, 0.15) is 22.7 Å². The van der Waals surface area contributed by atoms with Crippen molar-refractivity contribution in [1.82, 2.24) is 0 Å². The number of aliphatic hydroxyl groups is 2. The fourth-order valence-corrected chi connectivity index (χ4v) is 2.52. The smallest absolute Gasteiger partial charge is 0.406 e. The van der Waals surface area contributed by atoms with E-state index in [-0.39, 0.29) is 11.1 Å². The fraction of sp³-hybridized carbons (Fsp3) is 0.333. The van der Waals surface area contributed by atoms with Crippen LogP contribution in [0.3, 0.4) is 0 Å². The lowest BCUT2D eigenvalue weighted by Crippen LogP contribution is -2.45. The zero-order valence-electron chi connectivity index (χ0n) is 14.6. The van der Waals surface area contributed by atoms with Gasteiger partial charge in [0.25, 0.3) is 0 Å². The van der Waals surface area contributed by atoms with Gasteiger partial charge >= 0.3 is 12.7 Å². The number of hydrogen-bond donors (Lipinski definition) is 2. The molecule has 4 nitrogen and oxygen atoms in total. The summed E-state index contributed by atoms with van der Waals surface area (Å²) in [6.45, 7) is 2.43. The van der Waals surface area contributed by atoms with Gasteiger partial charge in [-0.15, -0.1) is 26.3 Å². The first kappa shape index (κ1) is 21.8. The molecule has 0 aliphatic carbocycles. The molecule has 0 spiro atoms. The first-order chi connectivity index (χ1) is 12.6. The van der Waals surface area contributed by atoms with Crippen molar-refractivity contribution in [2.75, 3.05) is 0 Å². The van der Waals surface area contributed by atoms with Gasteiger partial charge in [-0.05, 0) is 49.2 Å². The first-order valence-corrected chi connectivity index (χ1v) is 7.79. The predicted molar refractivity (Wildman–Crippen MR) is 85.4 cm³/mol. The largest absolute Gasteiger partial charge is 0.573 e. The van der Waals surface area contributed by atoms with Crippen LogP contribution in [0.4, 0.5) is 26.3 Å². The van der Waals surface area contributed by atoms with E-state index in [1.54, 1.807) is 0 Å². The fourth-order valence-electron chi connectivity index (χ4n) is 2.52. The summed E-state index contributed by atoms with van der Waals surface area (Å²) in [5, 5.41) is 21.6. The number of benzene rings is 2. The molecule has 0 aliphatic heterocycles. The molecule has 10 heteroatoms. The van der Waals surface area contributed by atoms with Gasteiger partial charge in [-0.2, -0.15) is 0 Å². The van der Waals surface area contributed by atoms with E-state index in [1.165, 1.54) is 13.8 Å². The van der Waals surface area contributed by atoms with Crippen molar-refractivity contribution >= 4 is 0 Å². The number of rotatable bonds is 5. The van der Waals surface area contributed by atoms with Crippen LogP contribution in [0.15, 0.2) is 48.5 Å². The van der Waals surface area contributed by atoms with Gasteiger partial charge in [0, 0.05) is 0 Å². The molecule has 2 aromatic rings. The van der Waals surface area contributed by atoms with Gasteiger partial charge in [0.2, 0.25) is 0 Å². The Morgan fingerprint density at radius 2 is 0.821 bits per heavy atom. The van der Waals surface area contributed by atoms with Crippen LogP contribution in [0.2, 0.25) is 0 Å². The summed E-state index contributed by atoms with van der Waals surface area (Å²) in [4.78, 5) is 0. The van der Waals surface area contributed by atoms with Crippen molar-refractivity contribution in [3.05, 3.63) is 59.7 Å². The molecule has 0 aromatic heterocycles. The lowest BCUT2D eigenvalue weighted by molar-refractivity contribution is -0.275. The Kier molecular flexibility index (Phi) is 5.59. The molecule has 0 bridgehead atoms. The Balaban J connectivity index is 2.27. The van der Waals surface area contributed by atoms with Crippen LogP contribution in [0.25, 0.3) is 0 Å². The van der Waals surface area contributed by atoms with Gasteiger partial charge in [-0.1, -0.05) is 24.3 Å². The maximum absolute atomic E-state index is 12.2. The summed E-state index contributed by atoms with van der Waals surface area (Å²) in [5.41, 5.74) is -3.89. The first-order valence-electron chi connectivity index (χ1n) is 7.79. The standard InChI is InChI=1S/C18H16F6O4/c1-15(25,11-3-7-13(8-4-11)27-17(19,20)21)16(2,26)12-5-9-14(10-6-12)28-18(22,23)24/h3-10,25-26H,1-2H3. The van der Waals surface area contributed by atoms with Crippen molar-refractivity contribution in [2.24, 2.45) is 0 Å². The number of ether oxygens (including phenoxy) is 2. The molecular formula is C18H16F6O4. The van der Waals surface area contributed by atoms with E-state index in [1.807, 2.05) is 0 Å². The van der Waals surface area contributed by atoms with Crippen LogP contribution < -0.4 is 9.47 Å². The third-order valence-electron chi connectivity index (χ3n) is 4.25. The van der Waals surface area contributed by atoms with E-state index in [0.717, 1.165) is 48.5 Å². The molecule has 0 saturated carbocycles. The van der Waals surface area contributed by atoms with Gasteiger partial charge in [0.05, 0.1) is 0 Å². The van der Waals surface area contributed by atoms with E-state index in [4.69, 9.17) is 0 Å². The molecule has 2 N–H and O–H groups in total. The van der Waals surface area contributed by atoms with Crippen molar-refractivity contribution in [3.63, 3.8) is 0 Å². The van der Waals surface area contributed by atoms with E-state index >= 15 is 0 Å². The second-order valence-corrected chi connectivity index (χ2v) is 6.29. The Morgan fingerprint density at radius 1 is 0.571 bits per heavy atom. The van der Waals surface area contributed by atoms with Crippen molar-refractivity contribution in [2.45, 2.75) is 37.8 Å². The van der Waals surface area contributed by atoms with Gasteiger partial charge in [0.15, 0.2) is 0 Å². The summed E-state index contributed by atoms with van der Waals surface area (Å²) >= 11 is 0. The van der Waals surface area contributed by atoms with Gasteiger partial charge in [-0.3, -0.25) is 0 Å². The van der Waals surface area contributed by atoms with Crippen LogP contribution in [-0.2, 0) is 11.2 Å². The Hall–Kier alpha value is -2.46. The summed E-state index contributed by atoms with van der Waals surface area (Å²) in [6.07, 6.45) is -9.76. The van der Waals surface area contributed by atoms with E-state index in [2.05, 4.69) is 9.47 Å². The number of alkyl halides is 6. The lowest BCUT2D eigenvalue weighted by Gasteiger charge is -2.39.